The Bertz CT molecular complexity index is 839. The average molecular weight is 348 g/mol. The van der Waals surface area contributed by atoms with E-state index in [1.54, 1.807) is 0 Å². The van der Waals surface area contributed by atoms with Crippen LogP contribution in [0, 0.1) is 13.8 Å². The number of aromatic nitrogens is 3. The van der Waals surface area contributed by atoms with Crippen LogP contribution in [0.1, 0.15) is 17.1 Å². The molecular formula is C16H20N4O5. The average Bonchev–Trinajstić information content (AvgIpc) is 2.99. The molecule has 1 atom stereocenters. The van der Waals surface area contributed by atoms with Crippen LogP contribution in [0.3, 0.4) is 0 Å². The van der Waals surface area contributed by atoms with E-state index in [0.29, 0.717) is 5.69 Å². The van der Waals surface area contributed by atoms with E-state index in [2.05, 4.69) is 15.3 Å². The molecule has 1 amide bonds. The van der Waals surface area contributed by atoms with Gasteiger partial charge in [0.05, 0.1) is 24.8 Å². The molecule has 0 aromatic carbocycles. The van der Waals surface area contributed by atoms with Crippen LogP contribution >= 0.6 is 0 Å². The molecule has 0 fully saturated rings. The minimum Gasteiger partial charge on any atom is -0.503 e. The van der Waals surface area contributed by atoms with E-state index in [0.717, 1.165) is 5.69 Å². The van der Waals surface area contributed by atoms with Gasteiger partial charge < -0.3 is 24.7 Å². The molecule has 0 spiro atoms. The highest BCUT2D eigenvalue weighted by molar-refractivity contribution is 5.84. The molecule has 2 rings (SSSR count). The lowest BCUT2D eigenvalue weighted by Gasteiger charge is -2.17. The van der Waals surface area contributed by atoms with Gasteiger partial charge in [0.25, 0.3) is 0 Å². The molecule has 0 aliphatic heterocycles. The van der Waals surface area contributed by atoms with Crippen molar-refractivity contribution in [3.05, 3.63) is 45.9 Å². The number of nitrogens with one attached hydrogen (secondary N) is 2. The van der Waals surface area contributed by atoms with Gasteiger partial charge in [-0.25, -0.2) is 9.78 Å². The number of rotatable bonds is 6. The number of carbonyl (C=O) groups is 2. The van der Waals surface area contributed by atoms with Crippen molar-refractivity contribution in [3.8, 4) is 5.75 Å². The van der Waals surface area contributed by atoms with Gasteiger partial charge in [0, 0.05) is 24.4 Å². The summed E-state index contributed by atoms with van der Waals surface area (Å²) in [5, 5.41) is 12.3. The summed E-state index contributed by atoms with van der Waals surface area (Å²) in [5.74, 6) is -1.46. The first kappa shape index (κ1) is 18.2. The number of aromatic amines is 1. The highest BCUT2D eigenvalue weighted by Gasteiger charge is 2.24. The zero-order valence-corrected chi connectivity index (χ0v) is 14.2. The van der Waals surface area contributed by atoms with Gasteiger partial charge in [-0.15, -0.1) is 0 Å². The van der Waals surface area contributed by atoms with Crippen LogP contribution in [0.15, 0.2) is 23.4 Å². The normalized spacial score (nSPS) is 11.8. The molecule has 0 aliphatic rings. The van der Waals surface area contributed by atoms with E-state index >= 15 is 0 Å². The molecule has 2 heterocycles. The third kappa shape index (κ3) is 4.25. The van der Waals surface area contributed by atoms with Gasteiger partial charge in [-0.05, 0) is 13.8 Å². The largest absolute Gasteiger partial charge is 0.503 e. The van der Waals surface area contributed by atoms with Crippen molar-refractivity contribution < 1.29 is 19.4 Å². The van der Waals surface area contributed by atoms with E-state index < -0.39 is 29.1 Å². The second kappa shape index (κ2) is 7.65. The summed E-state index contributed by atoms with van der Waals surface area (Å²) in [6.45, 7) is 3.17. The summed E-state index contributed by atoms with van der Waals surface area (Å²) in [5.41, 5.74) is 1.19. The summed E-state index contributed by atoms with van der Waals surface area (Å²) in [7, 11) is 1.24. The summed E-state index contributed by atoms with van der Waals surface area (Å²) >= 11 is 0. The van der Waals surface area contributed by atoms with E-state index in [4.69, 9.17) is 4.74 Å². The van der Waals surface area contributed by atoms with Gasteiger partial charge in [-0.1, -0.05) is 0 Å². The van der Waals surface area contributed by atoms with Crippen molar-refractivity contribution in [2.75, 3.05) is 7.11 Å². The number of hydrogen-bond donors (Lipinski definition) is 3. The lowest BCUT2D eigenvalue weighted by atomic mass is 10.1. The highest BCUT2D eigenvalue weighted by Crippen LogP contribution is 2.09. The maximum absolute atomic E-state index is 12.3. The fraction of sp³-hybridized carbons (Fsp3) is 0.375. The Kier molecular flexibility index (Phi) is 5.58. The summed E-state index contributed by atoms with van der Waals surface area (Å²) < 4.78 is 6.15. The number of hydrogen-bond acceptors (Lipinski definition) is 6. The second-order valence-corrected chi connectivity index (χ2v) is 5.56. The highest BCUT2D eigenvalue weighted by atomic mass is 16.5. The van der Waals surface area contributed by atoms with Crippen molar-refractivity contribution in [1.29, 1.82) is 0 Å². The fourth-order valence-corrected chi connectivity index (χ4v) is 2.35. The van der Waals surface area contributed by atoms with Crippen molar-refractivity contribution in [1.82, 2.24) is 19.9 Å². The summed E-state index contributed by atoms with van der Waals surface area (Å²) in [4.78, 5) is 42.6. The Hall–Kier alpha value is -3.10. The standard InChI is InChI=1S/C16H20N4O5/c1-9-11(18-8-17-9)6-12(16(24)25-3)19-14(22)7-20-5-4-13(21)15(23)10(20)2/h4-5,8,12,23H,6-7H2,1-3H3,(H,17,18)(H,19,22). The topological polar surface area (TPSA) is 126 Å². The molecule has 1 unspecified atom stereocenters. The number of aryl methyl sites for hydroxylation is 1. The van der Waals surface area contributed by atoms with Crippen LogP contribution < -0.4 is 10.7 Å². The van der Waals surface area contributed by atoms with Crippen LogP contribution in [0.5, 0.6) is 5.75 Å². The minimum atomic E-state index is -0.896. The maximum Gasteiger partial charge on any atom is 0.328 e. The first-order chi connectivity index (χ1) is 11.8. The van der Waals surface area contributed by atoms with Crippen molar-refractivity contribution in [3.63, 3.8) is 0 Å². The molecule has 2 aromatic heterocycles. The van der Waals surface area contributed by atoms with Crippen molar-refractivity contribution >= 4 is 11.9 Å². The number of nitrogens with zero attached hydrogens (tertiary/aromatic N) is 2. The molecule has 0 aliphatic carbocycles. The van der Waals surface area contributed by atoms with Crippen LogP contribution in [0.2, 0.25) is 0 Å². The predicted octanol–water partition coefficient (Wildman–Crippen LogP) is -0.206. The summed E-state index contributed by atoms with van der Waals surface area (Å²) in [6.07, 6.45) is 3.09. The number of ether oxygens (including phenoxy) is 1. The van der Waals surface area contributed by atoms with Crippen LogP contribution in [0.25, 0.3) is 0 Å². The van der Waals surface area contributed by atoms with Gasteiger partial charge in [0.2, 0.25) is 11.3 Å². The van der Waals surface area contributed by atoms with Gasteiger partial charge in [0.1, 0.15) is 12.6 Å². The maximum atomic E-state index is 12.3. The number of amides is 1. The monoisotopic (exact) mass is 348 g/mol. The van der Waals surface area contributed by atoms with Crippen LogP contribution in [-0.4, -0.2) is 44.7 Å². The second-order valence-electron chi connectivity index (χ2n) is 5.56. The molecule has 9 nitrogen and oxygen atoms in total. The molecule has 25 heavy (non-hydrogen) atoms. The van der Waals surface area contributed by atoms with Gasteiger partial charge >= 0.3 is 5.97 Å². The number of H-pyrrole nitrogens is 1. The van der Waals surface area contributed by atoms with Gasteiger partial charge in [-0.2, -0.15) is 0 Å². The Morgan fingerprint density at radius 3 is 2.76 bits per heavy atom. The molecule has 2 aromatic rings. The first-order valence-corrected chi connectivity index (χ1v) is 7.58. The SMILES string of the molecule is COC(=O)C(Cc1nc[nH]c1C)NC(=O)Cn1ccc(=O)c(O)c1C. The Labute approximate surface area is 143 Å². The number of esters is 1. The molecule has 134 valence electrons. The molecule has 9 heteroatoms. The van der Waals surface area contributed by atoms with Crippen LogP contribution in [-0.2, 0) is 27.3 Å². The molecule has 3 N–H and O–H groups in total. The molecule has 0 saturated heterocycles. The lowest BCUT2D eigenvalue weighted by molar-refractivity contribution is -0.145. The Balaban J connectivity index is 2.12. The quantitative estimate of drug-likeness (QED) is 0.620. The minimum absolute atomic E-state index is 0.160. The zero-order valence-electron chi connectivity index (χ0n) is 14.2. The van der Waals surface area contributed by atoms with E-state index in [1.807, 2.05) is 6.92 Å². The molecule has 0 radical (unpaired) electrons. The third-order valence-corrected chi connectivity index (χ3v) is 3.88. The molecule has 0 saturated carbocycles. The van der Waals surface area contributed by atoms with Crippen molar-refractivity contribution in [2.45, 2.75) is 32.9 Å². The predicted molar refractivity (Wildman–Crippen MR) is 88.1 cm³/mol. The molecule has 0 bridgehead atoms. The first-order valence-electron chi connectivity index (χ1n) is 7.58. The third-order valence-electron chi connectivity index (χ3n) is 3.88. The van der Waals surface area contributed by atoms with E-state index in [-0.39, 0.29) is 18.7 Å². The molecular weight excluding hydrogens is 328 g/mol. The number of carbonyl (C=O) groups excluding carboxylic acids is 2. The number of methoxy groups -OCH3 is 1. The van der Waals surface area contributed by atoms with Gasteiger partial charge in [-0.3, -0.25) is 9.59 Å². The summed E-state index contributed by atoms with van der Waals surface area (Å²) in [6, 6.07) is 0.272. The number of imidazole rings is 1. The van der Waals surface area contributed by atoms with E-state index in [1.165, 1.54) is 37.2 Å². The van der Waals surface area contributed by atoms with Gasteiger partial charge in [0.15, 0.2) is 5.75 Å². The van der Waals surface area contributed by atoms with Crippen molar-refractivity contribution in [2.24, 2.45) is 0 Å². The van der Waals surface area contributed by atoms with E-state index in [9.17, 15) is 19.5 Å². The zero-order chi connectivity index (χ0) is 18.6. The Morgan fingerprint density at radius 1 is 1.44 bits per heavy atom. The fourth-order valence-electron chi connectivity index (χ4n) is 2.35. The smallest absolute Gasteiger partial charge is 0.328 e. The lowest BCUT2D eigenvalue weighted by Crippen LogP contribution is -2.44. The Morgan fingerprint density at radius 2 is 2.16 bits per heavy atom. The number of aromatic hydroxyl groups is 1. The number of pyridine rings is 1. The van der Waals surface area contributed by atoms with Crippen LogP contribution in [0.4, 0.5) is 0 Å².